The van der Waals surface area contributed by atoms with Crippen LogP contribution in [0.1, 0.15) is 37.7 Å². The molecule has 0 saturated heterocycles. The second kappa shape index (κ2) is 19.3. The van der Waals surface area contributed by atoms with Crippen molar-refractivity contribution < 1.29 is 26.2 Å². The summed E-state index contributed by atoms with van der Waals surface area (Å²) in [6.07, 6.45) is 9.80. The summed E-state index contributed by atoms with van der Waals surface area (Å²) in [6, 6.07) is 18.7. The zero-order chi connectivity index (χ0) is 12.9. The number of unbranched alkanes of at least 4 members (excludes halogenated alkanes) is 4. The molecule has 0 saturated carbocycles. The van der Waals surface area contributed by atoms with Gasteiger partial charge in [-0.2, -0.15) is 35.9 Å². The molecule has 0 aliphatic heterocycles. The summed E-state index contributed by atoms with van der Waals surface area (Å²) in [5.41, 5.74) is 1.49. The first-order valence-electron chi connectivity index (χ1n) is 6.91. The second-order valence-corrected chi connectivity index (χ2v) is 4.50. The zero-order valence-corrected chi connectivity index (χ0v) is 16.2. The molecule has 0 atom stereocenters. The molecule has 0 unspecified atom stereocenters. The summed E-state index contributed by atoms with van der Waals surface area (Å²) < 4.78 is 0. The topological polar surface area (TPSA) is 0 Å². The Morgan fingerprint density at radius 1 is 0.857 bits per heavy atom. The van der Waals surface area contributed by atoms with Gasteiger partial charge in [-0.1, -0.05) is 31.8 Å². The molecule has 1 heteroatoms. The van der Waals surface area contributed by atoms with Crippen molar-refractivity contribution >= 4 is 0 Å². The number of hydrogen-bond acceptors (Lipinski definition) is 0. The van der Waals surface area contributed by atoms with E-state index in [0.29, 0.717) is 0 Å². The van der Waals surface area contributed by atoms with Crippen LogP contribution in [0.3, 0.4) is 0 Å². The van der Waals surface area contributed by atoms with Gasteiger partial charge in [-0.3, -0.25) is 0 Å². The Labute approximate surface area is 152 Å². The van der Waals surface area contributed by atoms with Gasteiger partial charge < -0.3 is 14.9 Å². The average Bonchev–Trinajstić information content (AvgIpc) is 3.07. The third kappa shape index (κ3) is 15.5. The Morgan fingerprint density at radius 2 is 1.43 bits per heavy atom. The number of aryl methyl sites for hydroxylation is 1. The van der Waals surface area contributed by atoms with Gasteiger partial charge in [-0.25, -0.2) is 24.3 Å². The van der Waals surface area contributed by atoms with Crippen LogP contribution < -0.4 is 0 Å². The predicted molar refractivity (Wildman–Crippen MR) is 93.9 cm³/mol. The van der Waals surface area contributed by atoms with Crippen LogP contribution in [0, 0.1) is 14.9 Å². The summed E-state index contributed by atoms with van der Waals surface area (Å²) in [5.74, 6) is 0. The quantitative estimate of drug-likeness (QED) is 0.304. The molecule has 2 rings (SSSR count). The van der Waals surface area contributed by atoms with Crippen LogP contribution in [0.25, 0.3) is 0 Å². The predicted octanol–water partition coefficient (Wildman–Crippen LogP) is 6.39. The Bertz CT molecular complexity index is 339. The van der Waals surface area contributed by atoms with E-state index >= 15 is 0 Å². The minimum absolute atomic E-state index is 0. The number of allylic oxidation sites excluding steroid dienone is 1. The molecule has 0 amide bonds. The van der Waals surface area contributed by atoms with Crippen molar-refractivity contribution in [3.8, 4) is 0 Å². The van der Waals surface area contributed by atoms with Crippen LogP contribution in [0.5, 0.6) is 0 Å². The molecule has 2 aromatic carbocycles. The summed E-state index contributed by atoms with van der Waals surface area (Å²) in [5, 5.41) is 0. The van der Waals surface area contributed by atoms with E-state index in [-0.39, 0.29) is 41.1 Å². The molecule has 0 aliphatic rings. The van der Waals surface area contributed by atoms with Crippen molar-refractivity contribution in [2.75, 3.05) is 0 Å². The van der Waals surface area contributed by atoms with Crippen molar-refractivity contribution in [1.29, 1.82) is 0 Å². The number of rotatable bonds is 7. The fourth-order valence-electron chi connectivity index (χ4n) is 1.87. The second-order valence-electron chi connectivity index (χ2n) is 4.50. The Hall–Kier alpha value is -0.677. The van der Waals surface area contributed by atoms with E-state index in [2.05, 4.69) is 30.8 Å². The van der Waals surface area contributed by atoms with E-state index in [1.807, 2.05) is 36.4 Å². The van der Waals surface area contributed by atoms with E-state index in [4.69, 9.17) is 0 Å². The molecule has 0 spiro atoms. The van der Waals surface area contributed by atoms with Gasteiger partial charge in [0.1, 0.15) is 0 Å². The molecule has 0 heterocycles. The molecule has 0 nitrogen and oxygen atoms in total. The normalized spacial score (nSPS) is 8.19. The van der Waals surface area contributed by atoms with Gasteiger partial charge >= 0.3 is 26.2 Å². The summed E-state index contributed by atoms with van der Waals surface area (Å²) >= 11 is 0. The largest absolute Gasteiger partial charge is 4.00 e. The van der Waals surface area contributed by atoms with Gasteiger partial charge in [0.15, 0.2) is 0 Å². The first-order valence-corrected chi connectivity index (χ1v) is 6.91. The van der Waals surface area contributed by atoms with E-state index in [1.165, 1.54) is 44.1 Å². The number of hydrogen-bond donors (Lipinski definition) is 0. The third-order valence-corrected chi connectivity index (χ3v) is 2.91. The average molecular weight is 362 g/mol. The molecular weight excluding hydrogens is 331 g/mol. The van der Waals surface area contributed by atoms with E-state index in [0.717, 1.165) is 0 Å². The molecule has 0 aromatic heterocycles. The maximum Gasteiger partial charge on any atom is 4.00 e. The van der Waals surface area contributed by atoms with Gasteiger partial charge in [0.25, 0.3) is 0 Å². The van der Waals surface area contributed by atoms with Crippen LogP contribution >= 0.6 is 0 Å². The van der Waals surface area contributed by atoms with E-state index < -0.39 is 0 Å². The maximum absolute atomic E-state index is 3.72. The molecule has 2 aromatic rings. The van der Waals surface area contributed by atoms with Gasteiger partial charge in [0, 0.05) is 0 Å². The third-order valence-electron chi connectivity index (χ3n) is 2.91. The Morgan fingerprint density at radius 3 is 1.90 bits per heavy atom. The van der Waals surface area contributed by atoms with E-state index in [1.54, 1.807) is 0 Å². The fourth-order valence-corrected chi connectivity index (χ4v) is 1.87. The van der Waals surface area contributed by atoms with E-state index in [9.17, 15) is 0 Å². The van der Waals surface area contributed by atoms with Crippen molar-refractivity contribution in [2.45, 2.75) is 38.5 Å². The Kier molecular flexibility index (Phi) is 23.3. The monoisotopic (exact) mass is 360 g/mol. The SMILES string of the molecule is C=CCCCCCC[c-]1cccc1.[CH3-].[CH3-].[Zr+4].c1cc[cH-]c1. The molecular formula is C20H30Zr. The minimum Gasteiger partial charge on any atom is -0.358 e. The van der Waals surface area contributed by atoms with Crippen molar-refractivity contribution in [2.24, 2.45) is 0 Å². The fraction of sp³-hybridized carbons (Fsp3) is 0.300. The van der Waals surface area contributed by atoms with Crippen LogP contribution in [0.4, 0.5) is 0 Å². The standard InChI is InChI=1S/C13H19.C5H5.2CH3.Zr/c1-2-3-4-5-6-7-10-13-11-8-9-12-13;1-2-4-5-3-1;;;/h2,8-9,11-12H,1,3-7,10H2;1-5H;2*1H3;/q4*-1;+4. The smallest absolute Gasteiger partial charge is 0.358 e. The van der Waals surface area contributed by atoms with Crippen LogP contribution in [0.2, 0.25) is 0 Å². The molecule has 0 aliphatic carbocycles. The van der Waals surface area contributed by atoms with Crippen LogP contribution in [-0.4, -0.2) is 0 Å². The van der Waals surface area contributed by atoms with Crippen LogP contribution in [0.15, 0.2) is 67.3 Å². The molecule has 21 heavy (non-hydrogen) atoms. The van der Waals surface area contributed by atoms with Crippen molar-refractivity contribution in [3.63, 3.8) is 0 Å². The van der Waals surface area contributed by atoms with Gasteiger partial charge in [-0.05, 0) is 12.8 Å². The Balaban J connectivity index is -0.000000349. The minimum atomic E-state index is 0. The van der Waals surface area contributed by atoms with Gasteiger partial charge in [0.05, 0.1) is 0 Å². The summed E-state index contributed by atoms with van der Waals surface area (Å²) in [4.78, 5) is 0. The molecule has 0 fully saturated rings. The first kappa shape index (κ1) is 25.3. The molecule has 0 N–H and O–H groups in total. The van der Waals surface area contributed by atoms with Crippen molar-refractivity contribution in [1.82, 2.24) is 0 Å². The molecule has 114 valence electrons. The van der Waals surface area contributed by atoms with Crippen LogP contribution in [-0.2, 0) is 32.6 Å². The maximum atomic E-state index is 3.72. The van der Waals surface area contributed by atoms with Gasteiger partial charge in [-0.15, -0.1) is 6.58 Å². The summed E-state index contributed by atoms with van der Waals surface area (Å²) in [7, 11) is 0. The zero-order valence-electron chi connectivity index (χ0n) is 13.7. The first-order chi connectivity index (χ1) is 8.93. The van der Waals surface area contributed by atoms with Crippen molar-refractivity contribution in [3.05, 3.63) is 87.7 Å². The molecule has 0 bridgehead atoms. The molecule has 0 radical (unpaired) electrons. The van der Waals surface area contributed by atoms with Gasteiger partial charge in [0.2, 0.25) is 0 Å². The summed E-state index contributed by atoms with van der Waals surface area (Å²) in [6.45, 7) is 3.72.